The molecule has 1 N–H and O–H groups in total. The lowest BCUT2D eigenvalue weighted by molar-refractivity contribution is -0.133. The van der Waals surface area contributed by atoms with Crippen molar-refractivity contribution in [2.24, 2.45) is 28.6 Å². The van der Waals surface area contributed by atoms with Gasteiger partial charge >= 0.3 is 0 Å². The van der Waals surface area contributed by atoms with Crippen LogP contribution in [0, 0.1) is 28.6 Å². The van der Waals surface area contributed by atoms with Gasteiger partial charge in [-0.3, -0.25) is 4.79 Å². The Labute approximate surface area is 104 Å². The third kappa shape index (κ3) is 1.28. The number of hydrogen-bond acceptors (Lipinski definition) is 2. The van der Waals surface area contributed by atoms with Gasteiger partial charge in [0.2, 0.25) is 0 Å². The summed E-state index contributed by atoms with van der Waals surface area (Å²) >= 11 is 0. The highest BCUT2D eigenvalue weighted by molar-refractivity contribution is 5.86. The number of fused-ring (bicyclic) bond motifs is 3. The first-order chi connectivity index (χ1) is 7.71. The average molecular weight is 236 g/mol. The Bertz CT molecular complexity index is 382. The SMILES string of the molecule is CC1(C)[C@H]2[C@@H]3[C@@](C)(O)CC[C@]3(C)C(=O)CC[C@@H]21. The first kappa shape index (κ1) is 11.7. The van der Waals surface area contributed by atoms with Crippen LogP contribution in [0.1, 0.15) is 53.4 Å². The maximum absolute atomic E-state index is 12.4. The Morgan fingerprint density at radius 1 is 1.18 bits per heavy atom. The lowest BCUT2D eigenvalue weighted by atomic mass is 9.69. The minimum Gasteiger partial charge on any atom is -0.390 e. The number of Topliss-reactive ketones (excluding diaryl/α,β-unsaturated/α-hetero) is 1. The molecule has 0 amide bonds. The molecule has 3 fully saturated rings. The second-order valence-electron chi connectivity index (χ2n) is 7.67. The van der Waals surface area contributed by atoms with E-state index in [1.807, 2.05) is 6.92 Å². The van der Waals surface area contributed by atoms with Gasteiger partial charge in [0.25, 0.3) is 0 Å². The van der Waals surface area contributed by atoms with E-state index in [1.54, 1.807) is 0 Å². The molecule has 2 heteroatoms. The standard InChI is InChI=1S/C15H24O2/c1-13(2)9-5-6-10(16)14(3)7-8-15(4,17)12(14)11(9)13/h9,11-12,17H,5-8H2,1-4H3/t9-,11+,12-,14+,15-/m0/s1. The van der Waals surface area contributed by atoms with E-state index in [2.05, 4.69) is 20.8 Å². The number of aliphatic hydroxyl groups is 1. The Morgan fingerprint density at radius 3 is 2.47 bits per heavy atom. The van der Waals surface area contributed by atoms with E-state index in [0.717, 1.165) is 25.7 Å². The van der Waals surface area contributed by atoms with Crippen LogP contribution in [0.4, 0.5) is 0 Å². The summed E-state index contributed by atoms with van der Waals surface area (Å²) in [5.41, 5.74) is -0.552. The van der Waals surface area contributed by atoms with E-state index >= 15 is 0 Å². The first-order valence-corrected chi connectivity index (χ1v) is 6.97. The molecule has 0 spiro atoms. The molecular weight excluding hydrogens is 212 g/mol. The van der Waals surface area contributed by atoms with Crippen molar-refractivity contribution in [3.05, 3.63) is 0 Å². The van der Waals surface area contributed by atoms with Gasteiger partial charge < -0.3 is 5.11 Å². The Balaban J connectivity index is 2.06. The van der Waals surface area contributed by atoms with Gasteiger partial charge in [0.15, 0.2) is 0 Å². The third-order valence-corrected chi connectivity index (χ3v) is 6.32. The number of carbonyl (C=O) groups is 1. The normalized spacial score (nSPS) is 56.1. The van der Waals surface area contributed by atoms with E-state index in [0.29, 0.717) is 23.0 Å². The smallest absolute Gasteiger partial charge is 0.139 e. The van der Waals surface area contributed by atoms with Gasteiger partial charge in [-0.1, -0.05) is 20.8 Å². The maximum atomic E-state index is 12.4. The predicted octanol–water partition coefficient (Wildman–Crippen LogP) is 2.79. The van der Waals surface area contributed by atoms with Gasteiger partial charge in [-0.25, -0.2) is 0 Å². The van der Waals surface area contributed by atoms with Gasteiger partial charge in [-0.05, 0) is 43.4 Å². The zero-order valence-electron chi connectivity index (χ0n) is 11.4. The number of rotatable bonds is 0. The third-order valence-electron chi connectivity index (χ3n) is 6.32. The summed E-state index contributed by atoms with van der Waals surface area (Å²) in [6.45, 7) is 8.69. The van der Waals surface area contributed by atoms with Gasteiger partial charge in [0.1, 0.15) is 5.78 Å². The molecule has 0 aromatic heterocycles. The van der Waals surface area contributed by atoms with Crippen molar-refractivity contribution < 1.29 is 9.90 Å². The lowest BCUT2D eigenvalue weighted by Gasteiger charge is -2.36. The molecule has 0 aliphatic heterocycles. The van der Waals surface area contributed by atoms with Crippen molar-refractivity contribution in [1.29, 1.82) is 0 Å². The molecule has 3 aliphatic rings. The zero-order chi connectivity index (χ0) is 12.6. The summed E-state index contributed by atoms with van der Waals surface area (Å²) in [5.74, 6) is 1.80. The summed E-state index contributed by atoms with van der Waals surface area (Å²) in [6.07, 6.45) is 3.44. The molecule has 96 valence electrons. The first-order valence-electron chi connectivity index (χ1n) is 6.97. The summed E-state index contributed by atoms with van der Waals surface area (Å²) < 4.78 is 0. The molecule has 0 aromatic rings. The molecule has 0 unspecified atom stereocenters. The molecular formula is C15H24O2. The Kier molecular flexibility index (Phi) is 2.04. The average Bonchev–Trinajstić information content (AvgIpc) is 2.67. The molecule has 3 saturated carbocycles. The maximum Gasteiger partial charge on any atom is 0.139 e. The van der Waals surface area contributed by atoms with Crippen molar-refractivity contribution in [2.75, 3.05) is 0 Å². The summed E-state index contributed by atoms with van der Waals surface area (Å²) in [6, 6.07) is 0. The minimum atomic E-state index is -0.633. The fourth-order valence-corrected chi connectivity index (χ4v) is 5.18. The van der Waals surface area contributed by atoms with Crippen LogP contribution in [-0.4, -0.2) is 16.5 Å². The van der Waals surface area contributed by atoms with E-state index < -0.39 is 5.60 Å². The van der Waals surface area contributed by atoms with Crippen LogP contribution in [-0.2, 0) is 4.79 Å². The van der Waals surface area contributed by atoms with Gasteiger partial charge in [0, 0.05) is 17.8 Å². The fourth-order valence-electron chi connectivity index (χ4n) is 5.18. The molecule has 0 aromatic carbocycles. The second kappa shape index (κ2) is 2.96. The van der Waals surface area contributed by atoms with Crippen LogP contribution in [0.3, 0.4) is 0 Å². The van der Waals surface area contributed by atoms with Crippen LogP contribution in [0.2, 0.25) is 0 Å². The summed E-state index contributed by atoms with van der Waals surface area (Å²) in [4.78, 5) is 12.4. The number of ketones is 1. The number of hydrogen-bond donors (Lipinski definition) is 1. The molecule has 0 saturated heterocycles. The molecule has 0 radical (unpaired) electrons. The van der Waals surface area contributed by atoms with Crippen LogP contribution in [0.25, 0.3) is 0 Å². The molecule has 2 nitrogen and oxygen atoms in total. The molecule has 17 heavy (non-hydrogen) atoms. The van der Waals surface area contributed by atoms with Crippen molar-refractivity contribution in [1.82, 2.24) is 0 Å². The second-order valence-corrected chi connectivity index (χ2v) is 7.67. The molecule has 3 rings (SSSR count). The van der Waals surface area contributed by atoms with Gasteiger partial charge in [0.05, 0.1) is 5.60 Å². The summed E-state index contributed by atoms with van der Waals surface area (Å²) in [5, 5.41) is 10.7. The van der Waals surface area contributed by atoms with Crippen molar-refractivity contribution in [2.45, 2.75) is 59.0 Å². The summed E-state index contributed by atoms with van der Waals surface area (Å²) in [7, 11) is 0. The molecule has 0 bridgehead atoms. The van der Waals surface area contributed by atoms with Crippen molar-refractivity contribution >= 4 is 5.78 Å². The topological polar surface area (TPSA) is 37.3 Å². The number of carbonyl (C=O) groups excluding carboxylic acids is 1. The predicted molar refractivity (Wildman–Crippen MR) is 66.5 cm³/mol. The largest absolute Gasteiger partial charge is 0.390 e. The van der Waals surface area contributed by atoms with Gasteiger partial charge in [-0.2, -0.15) is 0 Å². The van der Waals surface area contributed by atoms with Crippen molar-refractivity contribution in [3.63, 3.8) is 0 Å². The van der Waals surface area contributed by atoms with Crippen LogP contribution in [0.5, 0.6) is 0 Å². The highest BCUT2D eigenvalue weighted by Gasteiger charge is 2.71. The zero-order valence-corrected chi connectivity index (χ0v) is 11.4. The van der Waals surface area contributed by atoms with Crippen LogP contribution < -0.4 is 0 Å². The van der Waals surface area contributed by atoms with E-state index in [-0.39, 0.29) is 11.3 Å². The highest BCUT2D eigenvalue weighted by Crippen LogP contribution is 2.72. The Morgan fingerprint density at radius 2 is 1.82 bits per heavy atom. The lowest BCUT2D eigenvalue weighted by Crippen LogP contribution is -2.42. The molecule has 5 atom stereocenters. The quantitative estimate of drug-likeness (QED) is 0.702. The fraction of sp³-hybridized carbons (Fsp3) is 0.933. The molecule has 3 aliphatic carbocycles. The Hall–Kier alpha value is -0.370. The van der Waals surface area contributed by atoms with E-state index in [4.69, 9.17) is 0 Å². The molecule has 0 heterocycles. The van der Waals surface area contributed by atoms with Crippen LogP contribution >= 0.6 is 0 Å². The van der Waals surface area contributed by atoms with E-state index in [1.165, 1.54) is 0 Å². The monoisotopic (exact) mass is 236 g/mol. The highest BCUT2D eigenvalue weighted by atomic mass is 16.3. The van der Waals surface area contributed by atoms with Gasteiger partial charge in [-0.15, -0.1) is 0 Å². The van der Waals surface area contributed by atoms with Crippen molar-refractivity contribution in [3.8, 4) is 0 Å². The van der Waals surface area contributed by atoms with Crippen LogP contribution in [0.15, 0.2) is 0 Å². The van der Waals surface area contributed by atoms with E-state index in [9.17, 15) is 9.90 Å². The minimum absolute atomic E-state index is 0.185.